The van der Waals surface area contributed by atoms with Crippen LogP contribution in [0.2, 0.25) is 0 Å². The molecular weight excluding hydrogens is 463 g/mol. The molecule has 0 nitrogen and oxygen atoms in total. The third-order valence-electron chi connectivity index (χ3n) is 7.26. The van der Waals surface area contributed by atoms with Gasteiger partial charge in [-0.05, 0) is 61.9 Å². The van der Waals surface area contributed by atoms with Crippen molar-refractivity contribution in [3.63, 3.8) is 0 Å². The van der Waals surface area contributed by atoms with Gasteiger partial charge in [0.1, 0.15) is 0 Å². The molecule has 0 bridgehead atoms. The monoisotopic (exact) mass is 522 g/mol. The highest BCUT2D eigenvalue weighted by Crippen LogP contribution is 2.26. The van der Waals surface area contributed by atoms with Crippen LogP contribution < -0.4 is 0 Å². The van der Waals surface area contributed by atoms with Gasteiger partial charge in [0.15, 0.2) is 0 Å². The highest BCUT2D eigenvalue weighted by molar-refractivity contribution is 7.99. The van der Waals surface area contributed by atoms with Crippen molar-refractivity contribution in [1.82, 2.24) is 0 Å². The topological polar surface area (TPSA) is 0 Å². The Bertz CT molecular complexity index is 318. The SMILES string of the molecule is CCCCCCCCCC(CCCCl)CCSCCC(CCCCl)CCCCCCCCC. The van der Waals surface area contributed by atoms with E-state index in [2.05, 4.69) is 25.6 Å². The van der Waals surface area contributed by atoms with Crippen LogP contribution in [-0.4, -0.2) is 23.3 Å². The molecule has 0 aliphatic rings. The lowest BCUT2D eigenvalue weighted by atomic mass is 9.93. The quantitative estimate of drug-likeness (QED) is 0.0726. The second-order valence-electron chi connectivity index (χ2n) is 10.4. The lowest BCUT2D eigenvalue weighted by Crippen LogP contribution is -2.06. The molecule has 0 spiro atoms. The summed E-state index contributed by atoms with van der Waals surface area (Å²) >= 11 is 14.2. The summed E-state index contributed by atoms with van der Waals surface area (Å²) in [6.45, 7) is 4.60. The van der Waals surface area contributed by atoms with E-state index in [4.69, 9.17) is 23.2 Å². The fourth-order valence-corrected chi connectivity index (χ4v) is 6.49. The zero-order valence-electron chi connectivity index (χ0n) is 22.7. The number of hydrogen-bond acceptors (Lipinski definition) is 1. The van der Waals surface area contributed by atoms with Gasteiger partial charge in [0.05, 0.1) is 0 Å². The molecule has 0 heterocycles. The third kappa shape index (κ3) is 25.8. The minimum Gasteiger partial charge on any atom is -0.162 e. The smallest absolute Gasteiger partial charge is 0.0223 e. The van der Waals surface area contributed by atoms with Crippen molar-refractivity contribution in [2.24, 2.45) is 11.8 Å². The zero-order valence-corrected chi connectivity index (χ0v) is 25.0. The number of thioether (sulfide) groups is 1. The van der Waals surface area contributed by atoms with Crippen molar-refractivity contribution in [1.29, 1.82) is 0 Å². The van der Waals surface area contributed by atoms with Gasteiger partial charge in [-0.15, -0.1) is 23.2 Å². The Kier molecular flexibility index (Phi) is 30.0. The maximum Gasteiger partial charge on any atom is 0.0223 e. The van der Waals surface area contributed by atoms with E-state index in [0.717, 1.165) is 23.6 Å². The van der Waals surface area contributed by atoms with E-state index < -0.39 is 0 Å². The minimum atomic E-state index is 0.835. The molecule has 0 amide bonds. The molecule has 0 aromatic carbocycles. The molecule has 200 valence electrons. The van der Waals surface area contributed by atoms with E-state index in [1.54, 1.807) is 0 Å². The number of hydrogen-bond donors (Lipinski definition) is 0. The molecule has 33 heavy (non-hydrogen) atoms. The molecule has 3 heteroatoms. The van der Waals surface area contributed by atoms with E-state index in [0.29, 0.717) is 0 Å². The second kappa shape index (κ2) is 29.2. The fraction of sp³-hybridized carbons (Fsp3) is 1.00. The number of halogens is 2. The molecule has 0 aromatic rings. The molecule has 0 saturated carbocycles. The maximum atomic E-state index is 6.01. The Hall–Kier alpha value is 0.930. The van der Waals surface area contributed by atoms with E-state index in [1.807, 2.05) is 0 Å². The average molecular weight is 524 g/mol. The Morgan fingerprint density at radius 2 is 0.758 bits per heavy atom. The molecule has 0 aromatic heterocycles. The van der Waals surface area contributed by atoms with Gasteiger partial charge in [0.2, 0.25) is 0 Å². The molecule has 0 saturated heterocycles. The van der Waals surface area contributed by atoms with Crippen molar-refractivity contribution < 1.29 is 0 Å². The van der Waals surface area contributed by atoms with Crippen molar-refractivity contribution in [2.45, 2.75) is 155 Å². The van der Waals surface area contributed by atoms with Gasteiger partial charge in [0, 0.05) is 11.8 Å². The largest absolute Gasteiger partial charge is 0.162 e. The summed E-state index contributed by atoms with van der Waals surface area (Å²) in [6, 6.07) is 0. The molecule has 2 atom stereocenters. The van der Waals surface area contributed by atoms with Gasteiger partial charge in [-0.1, -0.05) is 117 Å². The van der Waals surface area contributed by atoms with E-state index in [-0.39, 0.29) is 0 Å². The first-order valence-corrected chi connectivity index (χ1v) is 17.2. The lowest BCUT2D eigenvalue weighted by molar-refractivity contribution is 0.408. The number of alkyl halides is 2. The number of rotatable bonds is 28. The second-order valence-corrected chi connectivity index (χ2v) is 12.4. The fourth-order valence-electron chi connectivity index (χ4n) is 4.98. The summed E-state index contributed by atoms with van der Waals surface area (Å²) < 4.78 is 0. The summed E-state index contributed by atoms with van der Waals surface area (Å²) in [6.07, 6.45) is 30.7. The van der Waals surface area contributed by atoms with Crippen molar-refractivity contribution in [3.8, 4) is 0 Å². The van der Waals surface area contributed by atoms with Crippen LogP contribution in [0.15, 0.2) is 0 Å². The van der Waals surface area contributed by atoms with Crippen LogP contribution in [0.4, 0.5) is 0 Å². The van der Waals surface area contributed by atoms with Crippen LogP contribution in [0, 0.1) is 11.8 Å². The van der Waals surface area contributed by atoms with Gasteiger partial charge in [-0.25, -0.2) is 0 Å². The van der Waals surface area contributed by atoms with Crippen molar-refractivity contribution >= 4 is 35.0 Å². The van der Waals surface area contributed by atoms with Crippen molar-refractivity contribution in [3.05, 3.63) is 0 Å². The van der Waals surface area contributed by atoms with Gasteiger partial charge < -0.3 is 0 Å². The van der Waals surface area contributed by atoms with E-state index >= 15 is 0 Å². The van der Waals surface area contributed by atoms with Crippen LogP contribution in [0.3, 0.4) is 0 Å². The Morgan fingerprint density at radius 3 is 1.12 bits per heavy atom. The predicted molar refractivity (Wildman–Crippen MR) is 159 cm³/mol. The van der Waals surface area contributed by atoms with E-state index in [9.17, 15) is 0 Å². The molecule has 0 fully saturated rings. The summed E-state index contributed by atoms with van der Waals surface area (Å²) in [5.74, 6) is 6.19. The summed E-state index contributed by atoms with van der Waals surface area (Å²) in [4.78, 5) is 0. The summed E-state index contributed by atoms with van der Waals surface area (Å²) in [5.41, 5.74) is 0. The molecular formula is C30H60Cl2S. The first kappa shape index (κ1) is 33.9. The highest BCUT2D eigenvalue weighted by Gasteiger charge is 2.11. The van der Waals surface area contributed by atoms with Crippen LogP contribution >= 0.6 is 35.0 Å². The highest BCUT2D eigenvalue weighted by atomic mass is 35.5. The number of unbranched alkanes of at least 4 members (excludes halogenated alkanes) is 12. The minimum absolute atomic E-state index is 0.835. The van der Waals surface area contributed by atoms with Crippen LogP contribution in [0.25, 0.3) is 0 Å². The lowest BCUT2D eigenvalue weighted by Gasteiger charge is -2.18. The normalized spacial score (nSPS) is 13.5. The zero-order chi connectivity index (χ0) is 24.2. The molecule has 2 unspecified atom stereocenters. The van der Waals surface area contributed by atoms with Gasteiger partial charge in [-0.3, -0.25) is 0 Å². The van der Waals surface area contributed by atoms with Gasteiger partial charge in [-0.2, -0.15) is 11.8 Å². The molecule has 0 aliphatic carbocycles. The molecule has 0 N–H and O–H groups in total. The van der Waals surface area contributed by atoms with Crippen LogP contribution in [-0.2, 0) is 0 Å². The molecule has 0 radical (unpaired) electrons. The standard InChI is InChI=1S/C30H60Cl2S/c1-3-5-7-9-11-13-15-19-29(21-17-25-31)23-27-33-28-24-30(22-18-26-32)20-16-14-12-10-8-6-4-2/h29-30H,3-28H2,1-2H3. The van der Waals surface area contributed by atoms with Gasteiger partial charge in [0.25, 0.3) is 0 Å². The maximum absolute atomic E-state index is 6.01. The Balaban J connectivity index is 3.94. The predicted octanol–water partition coefficient (Wildman–Crippen LogP) is 12.1. The van der Waals surface area contributed by atoms with Crippen molar-refractivity contribution in [2.75, 3.05) is 23.3 Å². The molecule has 0 aliphatic heterocycles. The first-order chi connectivity index (χ1) is 16.3. The summed E-state index contributed by atoms with van der Waals surface area (Å²) in [7, 11) is 0. The Labute approximate surface area is 224 Å². The van der Waals surface area contributed by atoms with Crippen LogP contribution in [0.1, 0.15) is 155 Å². The van der Waals surface area contributed by atoms with Gasteiger partial charge >= 0.3 is 0 Å². The summed E-state index contributed by atoms with van der Waals surface area (Å²) in [5, 5.41) is 0. The van der Waals surface area contributed by atoms with E-state index in [1.165, 1.54) is 153 Å². The first-order valence-electron chi connectivity index (χ1n) is 15.0. The Morgan fingerprint density at radius 1 is 0.424 bits per heavy atom. The van der Waals surface area contributed by atoms with Crippen LogP contribution in [0.5, 0.6) is 0 Å². The third-order valence-corrected chi connectivity index (χ3v) is 8.85. The average Bonchev–Trinajstić information content (AvgIpc) is 2.83. The molecule has 0 rings (SSSR count).